The van der Waals surface area contributed by atoms with Crippen LogP contribution in [0.25, 0.3) is 0 Å². The van der Waals surface area contributed by atoms with Gasteiger partial charge in [0.25, 0.3) is 0 Å². The fraction of sp³-hybridized carbons (Fsp3) is 0.462. The van der Waals surface area contributed by atoms with Crippen molar-refractivity contribution in [2.75, 3.05) is 32.8 Å². The summed E-state index contributed by atoms with van der Waals surface area (Å²) in [5.41, 5.74) is 1.53. The van der Waals surface area contributed by atoms with E-state index in [-0.39, 0.29) is 28.5 Å². The number of fused-ring (bicyclic) bond motifs is 1. The highest BCUT2D eigenvalue weighted by Crippen LogP contribution is 2.39. The Bertz CT molecular complexity index is 1220. The molecule has 35 heavy (non-hydrogen) atoms. The van der Waals surface area contributed by atoms with Gasteiger partial charge in [-0.1, -0.05) is 18.2 Å². The summed E-state index contributed by atoms with van der Waals surface area (Å²) in [5.74, 6) is 1.26. The number of hydrogen-bond donors (Lipinski definition) is 0. The van der Waals surface area contributed by atoms with E-state index in [1.165, 1.54) is 35.5 Å². The molecule has 0 bridgehead atoms. The summed E-state index contributed by atoms with van der Waals surface area (Å²) < 4.78 is 39.0. The van der Waals surface area contributed by atoms with Gasteiger partial charge in [-0.2, -0.15) is 4.31 Å². The topological polar surface area (TPSA) is 93.2 Å². The Labute approximate surface area is 205 Å². The molecule has 186 valence electrons. The van der Waals surface area contributed by atoms with Gasteiger partial charge in [-0.05, 0) is 62.4 Å². The van der Waals surface area contributed by atoms with E-state index in [2.05, 4.69) is 0 Å². The normalized spacial score (nSPS) is 21.2. The Morgan fingerprint density at radius 2 is 1.57 bits per heavy atom. The van der Waals surface area contributed by atoms with Gasteiger partial charge >= 0.3 is 0 Å². The van der Waals surface area contributed by atoms with Gasteiger partial charge in [-0.15, -0.1) is 0 Å². The smallest absolute Gasteiger partial charge is 0.243 e. The summed E-state index contributed by atoms with van der Waals surface area (Å²) in [7, 11) is -3.66. The third-order valence-corrected chi connectivity index (χ3v) is 9.10. The minimum absolute atomic E-state index is 0.000112. The molecule has 0 radical (unpaired) electrons. The molecular formula is C26H30N2O6S. The van der Waals surface area contributed by atoms with E-state index in [9.17, 15) is 18.0 Å². The number of Topliss-reactive ketones (excluding diaryl/α,β-unsaturated/α-hetero) is 1. The maximum absolute atomic E-state index is 13.5. The lowest BCUT2D eigenvalue weighted by atomic mass is 9.95. The summed E-state index contributed by atoms with van der Waals surface area (Å²) in [5, 5.41) is 0. The van der Waals surface area contributed by atoms with Crippen molar-refractivity contribution in [2.45, 2.75) is 43.5 Å². The lowest BCUT2D eigenvalue weighted by molar-refractivity contribution is -0.137. The molecule has 2 fully saturated rings. The minimum atomic E-state index is -3.66. The van der Waals surface area contributed by atoms with Gasteiger partial charge < -0.3 is 14.4 Å². The summed E-state index contributed by atoms with van der Waals surface area (Å²) in [6.45, 7) is 3.82. The Hall–Kier alpha value is -2.91. The maximum atomic E-state index is 13.5. The van der Waals surface area contributed by atoms with Crippen LogP contribution in [0.5, 0.6) is 11.5 Å². The van der Waals surface area contributed by atoms with Gasteiger partial charge in [0.2, 0.25) is 15.9 Å². The number of ketones is 1. The molecule has 0 saturated carbocycles. The Kier molecular flexibility index (Phi) is 6.55. The lowest BCUT2D eigenvalue weighted by Crippen LogP contribution is -2.44. The van der Waals surface area contributed by atoms with Crippen molar-refractivity contribution < 1.29 is 27.5 Å². The number of hydrogen-bond acceptors (Lipinski definition) is 6. The molecule has 3 aliphatic rings. The second-order valence-corrected chi connectivity index (χ2v) is 11.3. The number of benzene rings is 2. The van der Waals surface area contributed by atoms with Crippen LogP contribution in [-0.4, -0.2) is 62.2 Å². The first-order valence-electron chi connectivity index (χ1n) is 12.2. The van der Waals surface area contributed by atoms with Crippen LogP contribution in [0.3, 0.4) is 0 Å². The van der Waals surface area contributed by atoms with Gasteiger partial charge in [0.05, 0.1) is 10.9 Å². The summed E-state index contributed by atoms with van der Waals surface area (Å²) in [6.07, 6.45) is 2.82. The van der Waals surface area contributed by atoms with Crippen molar-refractivity contribution in [1.82, 2.24) is 9.21 Å². The van der Waals surface area contributed by atoms with Crippen LogP contribution >= 0.6 is 0 Å². The zero-order chi connectivity index (χ0) is 24.6. The first-order chi connectivity index (χ1) is 16.8. The van der Waals surface area contributed by atoms with Crippen LogP contribution in [-0.2, 0) is 14.8 Å². The van der Waals surface area contributed by atoms with Crippen molar-refractivity contribution in [2.24, 2.45) is 5.92 Å². The van der Waals surface area contributed by atoms with Crippen molar-refractivity contribution in [3.63, 3.8) is 0 Å². The van der Waals surface area contributed by atoms with E-state index in [0.29, 0.717) is 51.3 Å². The highest BCUT2D eigenvalue weighted by atomic mass is 32.2. The van der Waals surface area contributed by atoms with Crippen molar-refractivity contribution in [3.8, 4) is 11.5 Å². The SMILES string of the molecule is CC(=O)c1ccc(S(=O)(=O)N2CCC(C(=O)N3CCC[C@H]3c3ccc4c(c3)OCCO4)CC2)cc1. The molecule has 1 amide bonds. The molecule has 0 aromatic heterocycles. The number of likely N-dealkylation sites (tertiary alicyclic amines) is 1. The van der Waals surface area contributed by atoms with E-state index in [4.69, 9.17) is 9.47 Å². The average Bonchev–Trinajstić information content (AvgIpc) is 3.38. The number of ether oxygens (including phenoxy) is 2. The van der Waals surface area contributed by atoms with Gasteiger partial charge in [-0.3, -0.25) is 9.59 Å². The second-order valence-electron chi connectivity index (χ2n) is 9.35. The van der Waals surface area contributed by atoms with Crippen LogP contribution in [0, 0.1) is 5.92 Å². The standard InChI is InChI=1S/C26H30N2O6S/c1-18(29)19-4-7-22(8-5-19)35(31,32)27-13-10-20(11-14-27)26(30)28-12-2-3-23(28)21-6-9-24-25(17-21)34-16-15-33-24/h4-9,17,20,23H,2-3,10-16H2,1H3/t23-/m0/s1. The predicted molar refractivity (Wildman–Crippen MR) is 129 cm³/mol. The lowest BCUT2D eigenvalue weighted by Gasteiger charge is -2.34. The molecule has 2 saturated heterocycles. The Morgan fingerprint density at radius 1 is 0.886 bits per heavy atom. The van der Waals surface area contributed by atoms with Crippen LogP contribution in [0.1, 0.15) is 54.6 Å². The summed E-state index contributed by atoms with van der Waals surface area (Å²) >= 11 is 0. The summed E-state index contributed by atoms with van der Waals surface area (Å²) in [4.78, 5) is 27.1. The first kappa shape index (κ1) is 23.8. The molecule has 0 spiro atoms. The molecule has 9 heteroatoms. The van der Waals surface area contributed by atoms with Gasteiger partial charge in [0, 0.05) is 31.1 Å². The molecule has 0 N–H and O–H groups in total. The maximum Gasteiger partial charge on any atom is 0.243 e. The van der Waals surface area contributed by atoms with E-state index in [1.54, 1.807) is 0 Å². The molecule has 0 unspecified atom stereocenters. The van der Waals surface area contributed by atoms with E-state index in [1.807, 2.05) is 23.1 Å². The quantitative estimate of drug-likeness (QED) is 0.587. The summed E-state index contributed by atoms with van der Waals surface area (Å²) in [6, 6.07) is 11.9. The number of nitrogens with zero attached hydrogens (tertiary/aromatic N) is 2. The van der Waals surface area contributed by atoms with Crippen molar-refractivity contribution >= 4 is 21.7 Å². The fourth-order valence-electron chi connectivity index (χ4n) is 5.23. The van der Waals surface area contributed by atoms with E-state index < -0.39 is 10.0 Å². The van der Waals surface area contributed by atoms with Gasteiger partial charge in [0.1, 0.15) is 13.2 Å². The highest BCUT2D eigenvalue weighted by molar-refractivity contribution is 7.89. The molecule has 0 aliphatic carbocycles. The molecule has 3 heterocycles. The number of rotatable bonds is 5. The third kappa shape index (κ3) is 4.67. The van der Waals surface area contributed by atoms with Crippen LogP contribution in [0.2, 0.25) is 0 Å². The third-order valence-electron chi connectivity index (χ3n) is 7.19. The number of amides is 1. The number of carbonyl (C=O) groups is 2. The molecule has 8 nitrogen and oxygen atoms in total. The minimum Gasteiger partial charge on any atom is -0.486 e. The van der Waals surface area contributed by atoms with Crippen molar-refractivity contribution in [1.29, 1.82) is 0 Å². The first-order valence-corrected chi connectivity index (χ1v) is 13.6. The number of carbonyl (C=O) groups excluding carboxylic acids is 2. The van der Waals surface area contributed by atoms with Gasteiger partial charge in [0.15, 0.2) is 17.3 Å². The number of sulfonamides is 1. The molecule has 2 aromatic rings. The number of piperidine rings is 1. The Balaban J connectivity index is 1.24. The van der Waals surface area contributed by atoms with Crippen LogP contribution in [0.4, 0.5) is 0 Å². The van der Waals surface area contributed by atoms with Gasteiger partial charge in [-0.25, -0.2) is 8.42 Å². The zero-order valence-electron chi connectivity index (χ0n) is 19.8. The monoisotopic (exact) mass is 498 g/mol. The Morgan fingerprint density at radius 3 is 2.26 bits per heavy atom. The largest absolute Gasteiger partial charge is 0.486 e. The van der Waals surface area contributed by atoms with E-state index >= 15 is 0 Å². The molecule has 3 aliphatic heterocycles. The van der Waals surface area contributed by atoms with Crippen molar-refractivity contribution in [3.05, 3.63) is 53.6 Å². The molecule has 2 aromatic carbocycles. The molecular weight excluding hydrogens is 468 g/mol. The van der Waals surface area contributed by atoms with E-state index in [0.717, 1.165) is 29.9 Å². The van der Waals surface area contributed by atoms with Crippen LogP contribution in [0.15, 0.2) is 47.4 Å². The predicted octanol–water partition coefficient (Wildman–Crippen LogP) is 3.42. The fourth-order valence-corrected chi connectivity index (χ4v) is 6.70. The molecule has 5 rings (SSSR count). The van der Waals surface area contributed by atoms with Crippen LogP contribution < -0.4 is 9.47 Å². The second kappa shape index (κ2) is 9.62. The zero-order valence-corrected chi connectivity index (χ0v) is 20.6. The highest BCUT2D eigenvalue weighted by Gasteiger charge is 2.38. The molecule has 1 atom stereocenters. The average molecular weight is 499 g/mol.